The highest BCUT2D eigenvalue weighted by atomic mass is 16.5. The largest absolute Gasteiger partial charge is 0.378 e. The molecule has 0 spiro atoms. The monoisotopic (exact) mass is 322 g/mol. The molecule has 0 aromatic heterocycles. The Morgan fingerprint density at radius 1 is 1.13 bits per heavy atom. The number of amides is 2. The van der Waals surface area contributed by atoms with Gasteiger partial charge in [0.2, 0.25) is 0 Å². The number of hydrogen-bond donors (Lipinski definition) is 0. The number of urea groups is 1. The third kappa shape index (κ3) is 2.99. The molecule has 6 heteroatoms. The van der Waals surface area contributed by atoms with E-state index in [-0.39, 0.29) is 17.5 Å². The number of ether oxygens (including phenoxy) is 1. The number of nitrogens with zero attached hydrogens (tertiary/aromatic N) is 4. The van der Waals surface area contributed by atoms with Crippen molar-refractivity contribution in [2.45, 2.75) is 33.2 Å². The first-order valence-electron chi connectivity index (χ1n) is 8.60. The summed E-state index contributed by atoms with van der Waals surface area (Å²) in [6.45, 7) is 11.4. The molecular formula is C17H30N4O2. The molecule has 0 N–H and O–H groups in total. The molecule has 6 nitrogen and oxygen atoms in total. The summed E-state index contributed by atoms with van der Waals surface area (Å²) >= 11 is 0. The second kappa shape index (κ2) is 6.07. The van der Waals surface area contributed by atoms with Gasteiger partial charge in [0.25, 0.3) is 0 Å². The minimum atomic E-state index is 0.0908. The number of likely N-dealkylation sites (N-methyl/N-ethyl adjacent to an activating group) is 2. The molecule has 2 amide bonds. The van der Waals surface area contributed by atoms with E-state index >= 15 is 0 Å². The third-order valence-corrected chi connectivity index (χ3v) is 5.10. The lowest BCUT2D eigenvalue weighted by atomic mass is 9.81. The number of carbonyl (C=O) groups is 1. The lowest BCUT2D eigenvalue weighted by Crippen LogP contribution is -2.54. The van der Waals surface area contributed by atoms with Gasteiger partial charge in [-0.1, -0.05) is 20.8 Å². The van der Waals surface area contributed by atoms with E-state index in [0.717, 1.165) is 19.5 Å². The van der Waals surface area contributed by atoms with Gasteiger partial charge in [-0.25, -0.2) is 14.8 Å². The van der Waals surface area contributed by atoms with Crippen molar-refractivity contribution in [3.8, 4) is 0 Å². The minimum absolute atomic E-state index is 0.0908. The van der Waals surface area contributed by atoms with Gasteiger partial charge in [-0.05, 0) is 18.0 Å². The van der Waals surface area contributed by atoms with Crippen LogP contribution < -0.4 is 0 Å². The lowest BCUT2D eigenvalue weighted by Gasteiger charge is -2.40. The molecule has 3 rings (SSSR count). The summed E-state index contributed by atoms with van der Waals surface area (Å²) in [5, 5.41) is 4.12. The van der Waals surface area contributed by atoms with Crippen molar-refractivity contribution in [3.63, 3.8) is 0 Å². The summed E-state index contributed by atoms with van der Waals surface area (Å²) in [7, 11) is 4.22. The van der Waals surface area contributed by atoms with Gasteiger partial charge in [0.1, 0.15) is 0 Å². The molecule has 3 heterocycles. The smallest absolute Gasteiger partial charge is 0.339 e. The van der Waals surface area contributed by atoms with Crippen LogP contribution in [0.1, 0.15) is 27.2 Å². The molecular weight excluding hydrogens is 292 g/mol. The molecule has 0 radical (unpaired) electrons. The van der Waals surface area contributed by atoms with Gasteiger partial charge >= 0.3 is 6.03 Å². The van der Waals surface area contributed by atoms with Crippen molar-refractivity contribution in [1.82, 2.24) is 19.8 Å². The van der Waals surface area contributed by atoms with Crippen LogP contribution in [0.2, 0.25) is 0 Å². The summed E-state index contributed by atoms with van der Waals surface area (Å²) in [5.74, 6) is 0. The Morgan fingerprint density at radius 3 is 2.39 bits per heavy atom. The Bertz CT molecular complexity index is 505. The summed E-state index contributed by atoms with van der Waals surface area (Å²) < 4.78 is 5.39. The van der Waals surface area contributed by atoms with E-state index in [1.54, 1.807) is 0 Å². The Morgan fingerprint density at radius 2 is 1.78 bits per heavy atom. The van der Waals surface area contributed by atoms with E-state index in [1.165, 1.54) is 11.3 Å². The summed E-state index contributed by atoms with van der Waals surface area (Å²) in [6.07, 6.45) is 0.943. The Balaban J connectivity index is 1.92. The van der Waals surface area contributed by atoms with Gasteiger partial charge in [-0.3, -0.25) is 0 Å². The van der Waals surface area contributed by atoms with E-state index in [2.05, 4.69) is 44.8 Å². The van der Waals surface area contributed by atoms with Crippen molar-refractivity contribution < 1.29 is 9.53 Å². The van der Waals surface area contributed by atoms with E-state index in [0.29, 0.717) is 26.3 Å². The minimum Gasteiger partial charge on any atom is -0.378 e. The fraction of sp³-hybridized carbons (Fsp3) is 0.824. The van der Waals surface area contributed by atoms with Crippen LogP contribution in [0.25, 0.3) is 0 Å². The number of carbonyl (C=O) groups excluding carboxylic acids is 1. The number of rotatable bonds is 0. The zero-order chi connectivity index (χ0) is 16.8. The molecule has 1 atom stereocenters. The SMILES string of the molecule is CN1CCC2=C(C1)C(C(C)(C)C)N(C)N2C(=O)N1CCOCC1. The van der Waals surface area contributed by atoms with Gasteiger partial charge in [0, 0.05) is 45.3 Å². The standard InChI is InChI=1S/C17H30N4O2/c1-17(2,3)15-13-12-18(4)7-6-14(13)21(19(15)5)16(22)20-8-10-23-11-9-20/h15H,6-12H2,1-5H3. The van der Waals surface area contributed by atoms with E-state index in [9.17, 15) is 4.79 Å². The summed E-state index contributed by atoms with van der Waals surface area (Å²) in [4.78, 5) is 17.4. The lowest BCUT2D eigenvalue weighted by molar-refractivity contribution is -0.00677. The van der Waals surface area contributed by atoms with Gasteiger partial charge in [-0.15, -0.1) is 0 Å². The van der Waals surface area contributed by atoms with Crippen LogP contribution in [0.3, 0.4) is 0 Å². The summed E-state index contributed by atoms with van der Waals surface area (Å²) in [6, 6.07) is 0.379. The average molecular weight is 322 g/mol. The second-order valence-electron chi connectivity index (χ2n) is 8.00. The Hall–Kier alpha value is -1.11. The normalized spacial score (nSPS) is 27.6. The van der Waals surface area contributed by atoms with Crippen molar-refractivity contribution in [2.75, 3.05) is 53.5 Å². The highest BCUT2D eigenvalue weighted by Crippen LogP contribution is 2.41. The molecule has 1 fully saturated rings. The number of hydrogen-bond acceptors (Lipinski definition) is 4. The predicted octanol–water partition coefficient (Wildman–Crippen LogP) is 1.61. The van der Waals surface area contributed by atoms with Gasteiger partial charge < -0.3 is 14.5 Å². The quantitative estimate of drug-likeness (QED) is 0.679. The fourth-order valence-electron chi connectivity index (χ4n) is 4.16. The molecule has 3 aliphatic heterocycles. The first-order valence-corrected chi connectivity index (χ1v) is 8.60. The molecule has 1 saturated heterocycles. The number of morpholine rings is 1. The molecule has 0 aromatic rings. The van der Waals surface area contributed by atoms with Crippen LogP contribution in [0.4, 0.5) is 4.79 Å². The Kier molecular flexibility index (Phi) is 4.42. The highest BCUT2D eigenvalue weighted by molar-refractivity contribution is 5.77. The topological polar surface area (TPSA) is 39.3 Å². The van der Waals surface area contributed by atoms with Crippen molar-refractivity contribution in [3.05, 3.63) is 11.3 Å². The molecule has 3 aliphatic rings. The maximum atomic E-state index is 13.1. The van der Waals surface area contributed by atoms with E-state index in [1.807, 2.05) is 9.91 Å². The molecule has 23 heavy (non-hydrogen) atoms. The van der Waals surface area contributed by atoms with Crippen LogP contribution in [-0.4, -0.2) is 85.4 Å². The molecule has 1 unspecified atom stereocenters. The molecule has 0 aromatic carbocycles. The Labute approximate surface area is 139 Å². The maximum absolute atomic E-state index is 13.1. The molecule has 0 aliphatic carbocycles. The van der Waals surface area contributed by atoms with E-state index < -0.39 is 0 Å². The molecule has 130 valence electrons. The number of hydrazine groups is 1. The van der Waals surface area contributed by atoms with Crippen LogP contribution in [0.5, 0.6) is 0 Å². The average Bonchev–Trinajstić information content (AvgIpc) is 2.78. The zero-order valence-corrected chi connectivity index (χ0v) is 15.1. The molecule has 0 saturated carbocycles. The van der Waals surface area contributed by atoms with Gasteiger partial charge in [0.15, 0.2) is 0 Å². The van der Waals surface area contributed by atoms with E-state index in [4.69, 9.17) is 4.74 Å². The first-order chi connectivity index (χ1) is 10.8. The van der Waals surface area contributed by atoms with Crippen LogP contribution in [-0.2, 0) is 4.74 Å². The highest BCUT2D eigenvalue weighted by Gasteiger charge is 2.47. The first kappa shape index (κ1) is 16.7. The summed E-state index contributed by atoms with van der Waals surface area (Å²) in [5.41, 5.74) is 2.73. The predicted molar refractivity (Wildman–Crippen MR) is 89.8 cm³/mol. The zero-order valence-electron chi connectivity index (χ0n) is 15.1. The van der Waals surface area contributed by atoms with Gasteiger partial charge in [0.05, 0.1) is 19.3 Å². The van der Waals surface area contributed by atoms with Crippen molar-refractivity contribution in [1.29, 1.82) is 0 Å². The fourth-order valence-corrected chi connectivity index (χ4v) is 4.16. The van der Waals surface area contributed by atoms with Crippen LogP contribution in [0.15, 0.2) is 11.3 Å². The van der Waals surface area contributed by atoms with Crippen LogP contribution >= 0.6 is 0 Å². The second-order valence-corrected chi connectivity index (χ2v) is 8.00. The molecule has 0 bridgehead atoms. The van der Waals surface area contributed by atoms with Gasteiger partial charge in [-0.2, -0.15) is 0 Å². The van der Waals surface area contributed by atoms with Crippen molar-refractivity contribution >= 4 is 6.03 Å². The third-order valence-electron chi connectivity index (χ3n) is 5.10. The van der Waals surface area contributed by atoms with Crippen molar-refractivity contribution in [2.24, 2.45) is 5.41 Å². The maximum Gasteiger partial charge on any atom is 0.339 e. The van der Waals surface area contributed by atoms with Crippen LogP contribution in [0, 0.1) is 5.41 Å².